The molecule has 0 radical (unpaired) electrons. The Kier molecular flexibility index (Phi) is 14.1. The van der Waals surface area contributed by atoms with Crippen LogP contribution in [0, 0.1) is 0 Å². The minimum atomic E-state index is -0.116. The van der Waals surface area contributed by atoms with E-state index < -0.39 is 0 Å². The molecule has 1 nitrogen and oxygen atoms in total. The van der Waals surface area contributed by atoms with Crippen LogP contribution in [0.5, 0.6) is 0 Å². The molecule has 0 heterocycles. The zero-order valence-electron chi connectivity index (χ0n) is 7.15. The van der Waals surface area contributed by atoms with E-state index in [9.17, 15) is 0 Å². The molecule has 0 spiro atoms. The van der Waals surface area contributed by atoms with Crippen molar-refractivity contribution in [2.24, 2.45) is 0 Å². The van der Waals surface area contributed by atoms with Crippen LogP contribution in [-0.2, 0) is 0 Å². The van der Waals surface area contributed by atoms with E-state index in [0.29, 0.717) is 0 Å². The first-order valence-electron chi connectivity index (χ1n) is 3.87. The van der Waals surface area contributed by atoms with Crippen LogP contribution in [0.3, 0.4) is 0 Å². The number of unbranched alkanes of at least 4 members (excludes halogenated alkanes) is 1. The van der Waals surface area contributed by atoms with Gasteiger partial charge in [-0.05, 0) is 13.3 Å². The maximum absolute atomic E-state index is 8.36. The van der Waals surface area contributed by atoms with Gasteiger partial charge in [-0.2, -0.15) is 0 Å². The van der Waals surface area contributed by atoms with Crippen molar-refractivity contribution in [2.45, 2.75) is 53.1 Å². The minimum absolute atomic E-state index is 0.116. The van der Waals surface area contributed by atoms with Gasteiger partial charge in [-0.15, -0.1) is 0 Å². The highest BCUT2D eigenvalue weighted by molar-refractivity contribution is 4.34. The molecule has 0 amide bonds. The summed E-state index contributed by atoms with van der Waals surface area (Å²) in [6.45, 7) is 8.09. The van der Waals surface area contributed by atoms with Crippen LogP contribution in [0.15, 0.2) is 0 Å². The van der Waals surface area contributed by atoms with Gasteiger partial charge in [0.25, 0.3) is 0 Å². The van der Waals surface area contributed by atoms with Gasteiger partial charge in [-0.25, -0.2) is 0 Å². The molecule has 1 heteroatoms. The lowest BCUT2D eigenvalue weighted by atomic mass is 10.3. The third-order valence-corrected chi connectivity index (χ3v) is 1.09. The molecule has 0 aliphatic heterocycles. The van der Waals surface area contributed by atoms with Crippen LogP contribution < -0.4 is 0 Å². The summed E-state index contributed by atoms with van der Waals surface area (Å²) in [4.78, 5) is 0. The fourth-order valence-electron chi connectivity index (χ4n) is 0. The van der Waals surface area contributed by atoms with Gasteiger partial charge >= 0.3 is 0 Å². The number of aliphatic hydroxyl groups excluding tert-OH is 1. The fraction of sp³-hybridized carbons (Fsp3) is 1.00. The van der Waals surface area contributed by atoms with Crippen molar-refractivity contribution in [1.29, 1.82) is 0 Å². The standard InChI is InChI=1S/C4H10O.C4H10/c1-3-4(2)5;1-3-4-2/h4-5H,3H2,1-2H3;3-4H2,1-2H3. The summed E-state index contributed by atoms with van der Waals surface area (Å²) in [7, 11) is 0. The highest BCUT2D eigenvalue weighted by atomic mass is 16.3. The molecule has 0 saturated carbocycles. The first-order chi connectivity index (χ1) is 4.18. The lowest BCUT2D eigenvalue weighted by molar-refractivity contribution is 0.191. The minimum Gasteiger partial charge on any atom is -0.393 e. The van der Waals surface area contributed by atoms with Crippen molar-refractivity contribution in [3.05, 3.63) is 0 Å². The molecule has 0 aromatic rings. The molecule has 1 unspecified atom stereocenters. The second kappa shape index (κ2) is 10.9. The zero-order chi connectivity index (χ0) is 7.70. The van der Waals surface area contributed by atoms with Crippen LogP contribution in [0.2, 0.25) is 0 Å². The molecule has 0 bridgehead atoms. The summed E-state index contributed by atoms with van der Waals surface area (Å²) < 4.78 is 0. The second-order valence-electron chi connectivity index (χ2n) is 2.26. The predicted octanol–water partition coefficient (Wildman–Crippen LogP) is 2.58. The van der Waals surface area contributed by atoms with Crippen LogP contribution in [-0.4, -0.2) is 11.2 Å². The molecule has 58 valence electrons. The molecular weight excluding hydrogens is 112 g/mol. The molecule has 0 aromatic heterocycles. The van der Waals surface area contributed by atoms with E-state index in [2.05, 4.69) is 13.8 Å². The molecule has 0 rings (SSSR count). The number of rotatable bonds is 2. The summed E-state index contributed by atoms with van der Waals surface area (Å²) >= 11 is 0. The van der Waals surface area contributed by atoms with Gasteiger partial charge in [0.2, 0.25) is 0 Å². The van der Waals surface area contributed by atoms with Crippen LogP contribution >= 0.6 is 0 Å². The van der Waals surface area contributed by atoms with Crippen LogP contribution in [0.25, 0.3) is 0 Å². The molecule has 1 N–H and O–H groups in total. The van der Waals surface area contributed by atoms with Crippen LogP contribution in [0.4, 0.5) is 0 Å². The average Bonchev–Trinajstić information content (AvgIpc) is 1.89. The van der Waals surface area contributed by atoms with Crippen molar-refractivity contribution in [1.82, 2.24) is 0 Å². The second-order valence-corrected chi connectivity index (χ2v) is 2.26. The van der Waals surface area contributed by atoms with Gasteiger partial charge in [0.05, 0.1) is 6.10 Å². The van der Waals surface area contributed by atoms with E-state index in [0.717, 1.165) is 6.42 Å². The van der Waals surface area contributed by atoms with Crippen LogP contribution in [0.1, 0.15) is 47.0 Å². The van der Waals surface area contributed by atoms with E-state index in [1.807, 2.05) is 6.92 Å². The summed E-state index contributed by atoms with van der Waals surface area (Å²) in [6.07, 6.45) is 3.38. The molecule has 0 aliphatic carbocycles. The predicted molar refractivity (Wildman–Crippen MR) is 42.6 cm³/mol. The molecule has 0 aliphatic rings. The molecule has 1 atom stereocenters. The molecule has 0 saturated heterocycles. The van der Waals surface area contributed by atoms with Gasteiger partial charge in [0, 0.05) is 0 Å². The summed E-state index contributed by atoms with van der Waals surface area (Å²) in [5, 5.41) is 8.36. The van der Waals surface area contributed by atoms with Gasteiger partial charge in [0.15, 0.2) is 0 Å². The fourth-order valence-corrected chi connectivity index (χ4v) is 0. The van der Waals surface area contributed by atoms with Crippen molar-refractivity contribution in [3.63, 3.8) is 0 Å². The maximum Gasteiger partial charge on any atom is 0.0509 e. The smallest absolute Gasteiger partial charge is 0.0509 e. The molecule has 9 heavy (non-hydrogen) atoms. The number of hydrogen-bond donors (Lipinski definition) is 1. The third kappa shape index (κ3) is 32.3. The number of hydrogen-bond acceptors (Lipinski definition) is 1. The van der Waals surface area contributed by atoms with E-state index in [1.54, 1.807) is 6.92 Å². The van der Waals surface area contributed by atoms with Crippen molar-refractivity contribution >= 4 is 0 Å². The first kappa shape index (κ1) is 11.7. The molecular formula is C8H20O. The Labute approximate surface area is 59.1 Å². The van der Waals surface area contributed by atoms with E-state index >= 15 is 0 Å². The molecule has 0 fully saturated rings. The Balaban J connectivity index is 0. The van der Waals surface area contributed by atoms with Gasteiger partial charge < -0.3 is 5.11 Å². The largest absolute Gasteiger partial charge is 0.393 e. The van der Waals surface area contributed by atoms with Gasteiger partial charge in [0.1, 0.15) is 0 Å². The highest BCUT2D eigenvalue weighted by Gasteiger charge is 1.81. The Morgan fingerprint density at radius 1 is 1.11 bits per heavy atom. The summed E-state index contributed by atoms with van der Waals surface area (Å²) in [6, 6.07) is 0. The monoisotopic (exact) mass is 132 g/mol. The third-order valence-electron chi connectivity index (χ3n) is 1.09. The highest BCUT2D eigenvalue weighted by Crippen LogP contribution is 1.81. The van der Waals surface area contributed by atoms with Gasteiger partial charge in [-0.1, -0.05) is 33.6 Å². The van der Waals surface area contributed by atoms with E-state index in [4.69, 9.17) is 5.11 Å². The van der Waals surface area contributed by atoms with E-state index in [1.165, 1.54) is 12.8 Å². The average molecular weight is 132 g/mol. The Morgan fingerprint density at radius 2 is 1.33 bits per heavy atom. The topological polar surface area (TPSA) is 20.2 Å². The zero-order valence-corrected chi connectivity index (χ0v) is 7.15. The van der Waals surface area contributed by atoms with E-state index in [-0.39, 0.29) is 6.10 Å². The Hall–Kier alpha value is -0.0400. The Morgan fingerprint density at radius 3 is 1.33 bits per heavy atom. The summed E-state index contributed by atoms with van der Waals surface area (Å²) in [5.41, 5.74) is 0. The molecule has 0 aromatic carbocycles. The maximum atomic E-state index is 8.36. The van der Waals surface area contributed by atoms with Crippen molar-refractivity contribution in [3.8, 4) is 0 Å². The Bertz CT molecular complexity index is 31.5. The lowest BCUT2D eigenvalue weighted by Gasteiger charge is -1.90. The summed E-state index contributed by atoms with van der Waals surface area (Å²) in [5.74, 6) is 0. The van der Waals surface area contributed by atoms with Crippen molar-refractivity contribution < 1.29 is 5.11 Å². The quantitative estimate of drug-likeness (QED) is 0.612. The SMILES string of the molecule is CCC(C)O.CCCC. The normalized spacial score (nSPS) is 11.7. The number of aliphatic hydroxyl groups is 1. The lowest BCUT2D eigenvalue weighted by Crippen LogP contribution is -1.93. The van der Waals surface area contributed by atoms with Crippen molar-refractivity contribution in [2.75, 3.05) is 0 Å². The van der Waals surface area contributed by atoms with Gasteiger partial charge in [-0.3, -0.25) is 0 Å². The first-order valence-corrected chi connectivity index (χ1v) is 3.87.